The van der Waals surface area contributed by atoms with Crippen molar-refractivity contribution in [2.45, 2.75) is 22.8 Å². The van der Waals surface area contributed by atoms with Gasteiger partial charge in [0.2, 0.25) is 0 Å². The molecule has 0 aliphatic heterocycles. The van der Waals surface area contributed by atoms with Gasteiger partial charge in [0.05, 0.1) is 18.2 Å². The molecule has 0 saturated carbocycles. The van der Waals surface area contributed by atoms with Crippen LogP contribution in [0, 0.1) is 0 Å². The highest BCUT2D eigenvalue weighted by Gasteiger charge is 2.07. The first-order chi connectivity index (χ1) is 9.10. The lowest BCUT2D eigenvalue weighted by Gasteiger charge is -2.09. The van der Waals surface area contributed by atoms with Crippen molar-refractivity contribution < 1.29 is 9.84 Å². The summed E-state index contributed by atoms with van der Waals surface area (Å²) in [5, 5.41) is 10.2. The van der Waals surface area contributed by atoms with E-state index in [0.717, 1.165) is 21.1 Å². The fourth-order valence-electron chi connectivity index (χ4n) is 1.65. The van der Waals surface area contributed by atoms with Crippen LogP contribution >= 0.6 is 23.4 Å². The van der Waals surface area contributed by atoms with E-state index in [1.165, 1.54) is 0 Å². The number of halogens is 1. The Morgan fingerprint density at radius 1 is 1.21 bits per heavy atom. The van der Waals surface area contributed by atoms with Crippen molar-refractivity contribution in [3.05, 3.63) is 53.1 Å². The number of hydrogen-bond donors (Lipinski definition) is 1. The van der Waals surface area contributed by atoms with E-state index in [1.807, 2.05) is 36.4 Å². The Kier molecular flexibility index (Phi) is 4.75. The van der Waals surface area contributed by atoms with Gasteiger partial charge in [0.1, 0.15) is 5.75 Å². The van der Waals surface area contributed by atoms with Gasteiger partial charge in [-0.05, 0) is 42.8 Å². The molecule has 0 unspecified atom stereocenters. The molecular weight excluding hydrogens is 280 g/mol. The van der Waals surface area contributed by atoms with Crippen molar-refractivity contribution in [3.63, 3.8) is 0 Å². The van der Waals surface area contributed by atoms with Gasteiger partial charge in [-0.15, -0.1) is 0 Å². The summed E-state index contributed by atoms with van der Waals surface area (Å²) in [5.41, 5.74) is 0.819. The molecule has 1 atom stereocenters. The summed E-state index contributed by atoms with van der Waals surface area (Å²) in [7, 11) is 1.65. The molecule has 0 spiro atoms. The van der Waals surface area contributed by atoms with E-state index in [4.69, 9.17) is 16.3 Å². The van der Waals surface area contributed by atoms with Crippen LogP contribution in [0.2, 0.25) is 5.02 Å². The summed E-state index contributed by atoms with van der Waals surface area (Å²) in [6.07, 6.45) is -0.506. The highest BCUT2D eigenvalue weighted by Crippen LogP contribution is 2.35. The Labute approximate surface area is 122 Å². The lowest BCUT2D eigenvalue weighted by Crippen LogP contribution is -1.90. The number of rotatable bonds is 4. The molecule has 4 heteroatoms. The van der Waals surface area contributed by atoms with Crippen molar-refractivity contribution in [1.82, 2.24) is 0 Å². The van der Waals surface area contributed by atoms with Crippen LogP contribution < -0.4 is 4.74 Å². The maximum absolute atomic E-state index is 9.52. The fourth-order valence-corrected chi connectivity index (χ4v) is 2.82. The monoisotopic (exact) mass is 294 g/mol. The maximum atomic E-state index is 9.52. The number of hydrogen-bond acceptors (Lipinski definition) is 3. The smallest absolute Gasteiger partial charge is 0.119 e. The Hall–Kier alpha value is -1.16. The lowest BCUT2D eigenvalue weighted by molar-refractivity contribution is 0.199. The number of aliphatic hydroxyl groups excluding tert-OH is 1. The van der Waals surface area contributed by atoms with Crippen molar-refractivity contribution in [3.8, 4) is 5.75 Å². The molecule has 0 radical (unpaired) electrons. The van der Waals surface area contributed by atoms with E-state index >= 15 is 0 Å². The summed E-state index contributed by atoms with van der Waals surface area (Å²) in [5.74, 6) is 0.821. The highest BCUT2D eigenvalue weighted by atomic mass is 35.5. The second kappa shape index (κ2) is 6.33. The summed E-state index contributed by atoms with van der Waals surface area (Å²) in [4.78, 5) is 2.02. The van der Waals surface area contributed by atoms with Crippen LogP contribution in [0.25, 0.3) is 0 Å². The molecular formula is C15H15ClO2S. The average molecular weight is 295 g/mol. The van der Waals surface area contributed by atoms with E-state index in [-0.39, 0.29) is 0 Å². The Morgan fingerprint density at radius 3 is 2.63 bits per heavy atom. The Bertz CT molecular complexity index is 570. The quantitative estimate of drug-likeness (QED) is 0.897. The van der Waals surface area contributed by atoms with Gasteiger partial charge in [0.15, 0.2) is 0 Å². The third-order valence-corrected chi connectivity index (χ3v) is 4.20. The van der Waals surface area contributed by atoms with Crippen LogP contribution in [-0.4, -0.2) is 12.2 Å². The van der Waals surface area contributed by atoms with Crippen LogP contribution in [0.1, 0.15) is 18.6 Å². The number of methoxy groups -OCH3 is 1. The van der Waals surface area contributed by atoms with Gasteiger partial charge in [0, 0.05) is 9.79 Å². The predicted octanol–water partition coefficient (Wildman–Crippen LogP) is 4.55. The second-order valence-electron chi connectivity index (χ2n) is 4.15. The van der Waals surface area contributed by atoms with Crippen LogP contribution in [0.5, 0.6) is 5.75 Å². The molecule has 2 nitrogen and oxygen atoms in total. The summed E-state index contributed by atoms with van der Waals surface area (Å²) in [6.45, 7) is 1.72. The van der Waals surface area contributed by atoms with Gasteiger partial charge < -0.3 is 9.84 Å². The minimum Gasteiger partial charge on any atom is -0.497 e. The second-order valence-corrected chi connectivity index (χ2v) is 5.67. The fraction of sp³-hybridized carbons (Fsp3) is 0.200. The molecule has 0 aliphatic carbocycles. The van der Waals surface area contributed by atoms with Gasteiger partial charge in [-0.3, -0.25) is 0 Å². The molecule has 2 aromatic rings. The molecule has 0 fully saturated rings. The Balaban J connectivity index is 2.23. The predicted molar refractivity (Wildman–Crippen MR) is 79.2 cm³/mol. The SMILES string of the molecule is COc1cccc(Sc2ccc([C@H](C)O)cc2Cl)c1. The zero-order chi connectivity index (χ0) is 13.8. The van der Waals surface area contributed by atoms with Gasteiger partial charge in [-0.25, -0.2) is 0 Å². The van der Waals surface area contributed by atoms with E-state index < -0.39 is 6.10 Å². The molecule has 0 heterocycles. The molecule has 0 bridgehead atoms. The topological polar surface area (TPSA) is 29.5 Å². The van der Waals surface area contributed by atoms with Crippen molar-refractivity contribution in [2.75, 3.05) is 7.11 Å². The number of benzene rings is 2. The van der Waals surface area contributed by atoms with E-state index in [1.54, 1.807) is 31.9 Å². The average Bonchev–Trinajstić information content (AvgIpc) is 2.41. The molecule has 2 rings (SSSR count). The largest absolute Gasteiger partial charge is 0.497 e. The molecule has 0 aliphatic rings. The standard InChI is InChI=1S/C15H15ClO2S/c1-10(17)11-6-7-15(14(16)8-11)19-13-5-3-4-12(9-13)18-2/h3-10,17H,1-2H3/t10-/m0/s1. The van der Waals surface area contributed by atoms with E-state index in [2.05, 4.69) is 0 Å². The van der Waals surface area contributed by atoms with Crippen molar-refractivity contribution >= 4 is 23.4 Å². The number of ether oxygens (including phenoxy) is 1. The highest BCUT2D eigenvalue weighted by molar-refractivity contribution is 7.99. The summed E-state index contributed by atoms with van der Waals surface area (Å²) in [6, 6.07) is 13.4. The van der Waals surface area contributed by atoms with E-state index in [0.29, 0.717) is 5.02 Å². The maximum Gasteiger partial charge on any atom is 0.119 e. The first-order valence-corrected chi connectivity index (χ1v) is 7.09. The summed E-state index contributed by atoms with van der Waals surface area (Å²) < 4.78 is 5.19. The molecule has 2 aromatic carbocycles. The third-order valence-electron chi connectivity index (χ3n) is 2.71. The van der Waals surface area contributed by atoms with Crippen LogP contribution in [0.3, 0.4) is 0 Å². The normalized spacial score (nSPS) is 12.2. The molecule has 0 aromatic heterocycles. The molecule has 1 N–H and O–H groups in total. The molecule has 0 saturated heterocycles. The molecule has 19 heavy (non-hydrogen) atoms. The molecule has 100 valence electrons. The van der Waals surface area contributed by atoms with Crippen molar-refractivity contribution in [1.29, 1.82) is 0 Å². The lowest BCUT2D eigenvalue weighted by atomic mass is 10.1. The first-order valence-electron chi connectivity index (χ1n) is 5.89. The first kappa shape index (κ1) is 14.3. The van der Waals surface area contributed by atoms with Gasteiger partial charge in [0.25, 0.3) is 0 Å². The number of aliphatic hydroxyl groups is 1. The van der Waals surface area contributed by atoms with Crippen LogP contribution in [0.15, 0.2) is 52.3 Å². The van der Waals surface area contributed by atoms with Crippen LogP contribution in [0.4, 0.5) is 0 Å². The van der Waals surface area contributed by atoms with E-state index in [9.17, 15) is 5.11 Å². The minimum atomic E-state index is -0.506. The zero-order valence-corrected chi connectivity index (χ0v) is 12.3. The van der Waals surface area contributed by atoms with Crippen LogP contribution in [-0.2, 0) is 0 Å². The van der Waals surface area contributed by atoms with Gasteiger partial charge in [-0.1, -0.05) is 35.5 Å². The third kappa shape index (κ3) is 3.66. The van der Waals surface area contributed by atoms with Crippen molar-refractivity contribution in [2.24, 2.45) is 0 Å². The molecule has 0 amide bonds. The minimum absolute atomic E-state index is 0.506. The summed E-state index contributed by atoms with van der Waals surface area (Å²) >= 11 is 7.80. The Morgan fingerprint density at radius 2 is 2.00 bits per heavy atom. The zero-order valence-electron chi connectivity index (χ0n) is 10.8. The van der Waals surface area contributed by atoms with Gasteiger partial charge >= 0.3 is 0 Å². The van der Waals surface area contributed by atoms with Gasteiger partial charge in [-0.2, -0.15) is 0 Å².